The number of rotatable bonds is 6. The van der Waals surface area contributed by atoms with Crippen molar-refractivity contribution in [1.82, 2.24) is 9.80 Å². The average molecular weight is 524 g/mol. The summed E-state index contributed by atoms with van der Waals surface area (Å²) in [5.74, 6) is 0.0619. The number of carbonyl (C=O) groups is 2. The lowest BCUT2D eigenvalue weighted by molar-refractivity contribution is -0.132. The molecular formula is C22H20BrClN2O4S. The fraction of sp³-hybridized carbons (Fsp3) is 0.227. The molecule has 2 aromatic rings. The molecule has 1 fully saturated rings. The van der Waals surface area contributed by atoms with E-state index < -0.39 is 11.8 Å². The highest BCUT2D eigenvalue weighted by molar-refractivity contribution is 9.10. The van der Waals surface area contributed by atoms with Crippen LogP contribution in [0.25, 0.3) is 6.08 Å². The molecule has 6 nitrogen and oxygen atoms in total. The van der Waals surface area contributed by atoms with Crippen LogP contribution in [0.1, 0.15) is 18.1 Å². The third-order valence-electron chi connectivity index (χ3n) is 4.62. The molecule has 0 unspecified atom stereocenters. The van der Waals surface area contributed by atoms with Crippen LogP contribution in [0.4, 0.5) is 0 Å². The molecule has 0 spiro atoms. The summed E-state index contributed by atoms with van der Waals surface area (Å²) >= 11 is 14.8. The number of hydrogen-bond acceptors (Lipinski definition) is 5. The molecule has 0 N–H and O–H groups in total. The number of amides is 2. The average Bonchev–Trinajstić information content (AvgIpc) is 2.75. The van der Waals surface area contributed by atoms with Gasteiger partial charge in [-0.3, -0.25) is 19.4 Å². The van der Waals surface area contributed by atoms with Crippen LogP contribution in [0.2, 0.25) is 5.02 Å². The molecule has 0 aliphatic carbocycles. The highest BCUT2D eigenvalue weighted by Gasteiger charge is 2.35. The fourth-order valence-corrected chi connectivity index (χ4v) is 3.91. The van der Waals surface area contributed by atoms with Crippen LogP contribution in [0, 0.1) is 0 Å². The highest BCUT2D eigenvalue weighted by Crippen LogP contribution is 2.38. The van der Waals surface area contributed by atoms with Crippen molar-refractivity contribution in [2.45, 2.75) is 13.5 Å². The Bertz CT molecular complexity index is 1060. The summed E-state index contributed by atoms with van der Waals surface area (Å²) in [6, 6.07) is 10.9. The van der Waals surface area contributed by atoms with E-state index in [0.29, 0.717) is 33.2 Å². The van der Waals surface area contributed by atoms with Gasteiger partial charge in [-0.1, -0.05) is 29.8 Å². The molecule has 0 bridgehead atoms. The summed E-state index contributed by atoms with van der Waals surface area (Å²) in [7, 11) is 3.07. The second-order valence-electron chi connectivity index (χ2n) is 6.71. The maximum atomic E-state index is 12.6. The summed E-state index contributed by atoms with van der Waals surface area (Å²) in [4.78, 5) is 27.7. The number of ether oxygens (including phenoxy) is 2. The normalized spacial score (nSPS) is 14.2. The lowest BCUT2D eigenvalue weighted by Gasteiger charge is -2.31. The third kappa shape index (κ3) is 4.92. The van der Waals surface area contributed by atoms with Gasteiger partial charge in [0.1, 0.15) is 12.2 Å². The number of likely N-dealkylation sites (N-methyl/N-ethyl adjacent to an activating group) is 2. The smallest absolute Gasteiger partial charge is 0.265 e. The van der Waals surface area contributed by atoms with Crippen LogP contribution >= 0.6 is 39.7 Å². The van der Waals surface area contributed by atoms with Gasteiger partial charge in [-0.15, -0.1) is 0 Å². The van der Waals surface area contributed by atoms with E-state index >= 15 is 0 Å². The van der Waals surface area contributed by atoms with E-state index in [-0.39, 0.29) is 17.3 Å². The molecule has 0 radical (unpaired) electrons. The maximum absolute atomic E-state index is 12.6. The van der Waals surface area contributed by atoms with Crippen molar-refractivity contribution in [3.8, 4) is 11.5 Å². The molecule has 3 rings (SSSR count). The minimum absolute atomic E-state index is 0.0117. The van der Waals surface area contributed by atoms with E-state index in [9.17, 15) is 9.59 Å². The van der Waals surface area contributed by atoms with Gasteiger partial charge in [-0.05, 0) is 64.9 Å². The van der Waals surface area contributed by atoms with Gasteiger partial charge in [0, 0.05) is 24.7 Å². The van der Waals surface area contributed by atoms with Crippen LogP contribution in [-0.2, 0) is 16.2 Å². The number of carbonyl (C=O) groups excluding carboxylic acids is 2. The van der Waals surface area contributed by atoms with Gasteiger partial charge in [0.15, 0.2) is 16.6 Å². The summed E-state index contributed by atoms with van der Waals surface area (Å²) in [6.07, 6.45) is 1.52. The third-order valence-corrected chi connectivity index (χ3v) is 6.12. The van der Waals surface area contributed by atoms with E-state index in [1.807, 2.05) is 25.1 Å². The van der Waals surface area contributed by atoms with E-state index in [1.54, 1.807) is 18.2 Å². The van der Waals surface area contributed by atoms with Gasteiger partial charge < -0.3 is 9.47 Å². The van der Waals surface area contributed by atoms with Crippen molar-refractivity contribution in [2.75, 3.05) is 20.7 Å². The summed E-state index contributed by atoms with van der Waals surface area (Å²) < 4.78 is 12.3. The molecule has 1 saturated heterocycles. The Morgan fingerprint density at radius 3 is 2.35 bits per heavy atom. The quantitative estimate of drug-likeness (QED) is 0.313. The molecule has 2 aromatic carbocycles. The van der Waals surface area contributed by atoms with Crippen molar-refractivity contribution >= 4 is 62.8 Å². The fourth-order valence-electron chi connectivity index (χ4n) is 2.98. The van der Waals surface area contributed by atoms with Gasteiger partial charge >= 0.3 is 0 Å². The van der Waals surface area contributed by atoms with E-state index in [2.05, 4.69) is 15.9 Å². The van der Waals surface area contributed by atoms with Gasteiger partial charge in [0.25, 0.3) is 11.8 Å². The Labute approximate surface area is 199 Å². The highest BCUT2D eigenvalue weighted by atomic mass is 79.9. The Hall–Kier alpha value is -2.42. The second-order valence-corrected chi connectivity index (χ2v) is 8.34. The molecule has 0 saturated carbocycles. The molecule has 1 aliphatic heterocycles. The molecule has 1 aliphatic rings. The molecular weight excluding hydrogens is 504 g/mol. The molecule has 2 amide bonds. The Balaban J connectivity index is 1.95. The standard InChI is InChI=1S/C22H20BrClN2O4S/c1-4-29-18-11-13(9-15-20(27)25(2)22(31)26(3)21(15)28)10-16(23)19(18)30-12-14-7-5-6-8-17(14)24/h5-11H,4,12H2,1-3H3. The van der Waals surface area contributed by atoms with Gasteiger partial charge in [0.05, 0.1) is 11.1 Å². The Morgan fingerprint density at radius 2 is 1.74 bits per heavy atom. The molecule has 31 heavy (non-hydrogen) atoms. The van der Waals surface area contributed by atoms with Crippen molar-refractivity contribution in [3.05, 3.63) is 62.6 Å². The number of halogens is 2. The molecule has 9 heteroatoms. The number of benzene rings is 2. The van der Waals surface area contributed by atoms with Crippen LogP contribution in [0.3, 0.4) is 0 Å². The Morgan fingerprint density at radius 1 is 1.10 bits per heavy atom. The monoisotopic (exact) mass is 522 g/mol. The predicted octanol–water partition coefficient (Wildman–Crippen LogP) is 4.68. The second kappa shape index (κ2) is 9.80. The maximum Gasteiger partial charge on any atom is 0.265 e. The summed E-state index contributed by atoms with van der Waals surface area (Å²) in [6.45, 7) is 2.52. The largest absolute Gasteiger partial charge is 0.490 e. The molecule has 0 aromatic heterocycles. The lowest BCUT2D eigenvalue weighted by atomic mass is 10.1. The van der Waals surface area contributed by atoms with Crippen LogP contribution in [-0.4, -0.2) is 47.4 Å². The molecule has 162 valence electrons. The van der Waals surface area contributed by atoms with E-state index in [0.717, 1.165) is 5.56 Å². The zero-order valence-corrected chi connectivity index (χ0v) is 20.3. The first-order chi connectivity index (χ1) is 14.7. The van der Waals surface area contributed by atoms with Crippen LogP contribution in [0.15, 0.2) is 46.4 Å². The SMILES string of the molecule is CCOc1cc(C=C2C(=O)N(C)C(=S)N(C)C2=O)cc(Br)c1OCc1ccccc1Cl. The number of nitrogens with zero attached hydrogens (tertiary/aromatic N) is 2. The van der Waals surface area contributed by atoms with Crippen molar-refractivity contribution in [3.63, 3.8) is 0 Å². The minimum Gasteiger partial charge on any atom is -0.490 e. The van der Waals surface area contributed by atoms with Gasteiger partial charge in [-0.25, -0.2) is 0 Å². The minimum atomic E-state index is -0.457. The topological polar surface area (TPSA) is 59.1 Å². The first-order valence-corrected chi connectivity index (χ1v) is 11.0. The molecule has 1 heterocycles. The summed E-state index contributed by atoms with van der Waals surface area (Å²) in [5, 5.41) is 0.769. The van der Waals surface area contributed by atoms with E-state index in [1.165, 1.54) is 30.0 Å². The first kappa shape index (κ1) is 23.2. The number of hydrogen-bond donors (Lipinski definition) is 0. The van der Waals surface area contributed by atoms with Crippen molar-refractivity contribution in [1.29, 1.82) is 0 Å². The van der Waals surface area contributed by atoms with Gasteiger partial charge in [-0.2, -0.15) is 0 Å². The van der Waals surface area contributed by atoms with Crippen molar-refractivity contribution in [2.24, 2.45) is 0 Å². The molecule has 0 atom stereocenters. The Kier molecular flexibility index (Phi) is 7.35. The van der Waals surface area contributed by atoms with Crippen LogP contribution < -0.4 is 9.47 Å². The number of thiocarbonyl (C=S) groups is 1. The van der Waals surface area contributed by atoms with Crippen molar-refractivity contribution < 1.29 is 19.1 Å². The lowest BCUT2D eigenvalue weighted by Crippen LogP contribution is -2.52. The predicted molar refractivity (Wildman–Crippen MR) is 127 cm³/mol. The van der Waals surface area contributed by atoms with Gasteiger partial charge in [0.2, 0.25) is 0 Å². The van der Waals surface area contributed by atoms with E-state index in [4.69, 9.17) is 33.3 Å². The summed E-state index contributed by atoms with van der Waals surface area (Å²) in [5.41, 5.74) is 1.45. The zero-order valence-electron chi connectivity index (χ0n) is 17.1. The van der Waals surface area contributed by atoms with Crippen LogP contribution in [0.5, 0.6) is 11.5 Å². The zero-order chi connectivity index (χ0) is 22.7. The first-order valence-electron chi connectivity index (χ1n) is 9.38.